The number of anilines is 1. The van der Waals surface area contributed by atoms with E-state index in [0.717, 1.165) is 17.7 Å². The molecular weight excluding hydrogens is 371 g/mol. The van der Waals surface area contributed by atoms with E-state index < -0.39 is 30.2 Å². The molecule has 0 saturated carbocycles. The minimum absolute atomic E-state index is 0.149. The number of nitrogens with one attached hydrogen (secondary N) is 1. The number of aryl methyl sites for hydroxylation is 1. The molecule has 0 aliphatic rings. The Kier molecular flexibility index (Phi) is 6.26. The maximum absolute atomic E-state index is 12.6. The smallest absolute Gasteiger partial charge is 0.416 e. The van der Waals surface area contributed by atoms with Gasteiger partial charge in [-0.25, -0.2) is 0 Å². The van der Waals surface area contributed by atoms with Crippen LogP contribution in [0.2, 0.25) is 5.02 Å². The predicted octanol–water partition coefficient (Wildman–Crippen LogP) is 4.39. The van der Waals surface area contributed by atoms with E-state index in [1.165, 1.54) is 12.1 Å². The van der Waals surface area contributed by atoms with Gasteiger partial charge in [0.05, 0.1) is 12.0 Å². The summed E-state index contributed by atoms with van der Waals surface area (Å²) < 4.78 is 42.7. The maximum Gasteiger partial charge on any atom is 0.416 e. The van der Waals surface area contributed by atoms with Crippen LogP contribution in [0.1, 0.15) is 16.7 Å². The molecule has 1 N–H and O–H groups in total. The molecule has 0 unspecified atom stereocenters. The Morgan fingerprint density at radius 2 is 1.88 bits per heavy atom. The number of carbonyl (C=O) groups excluding carboxylic acids is 2. The molecule has 0 atom stereocenters. The summed E-state index contributed by atoms with van der Waals surface area (Å²) >= 11 is 5.94. The first-order valence-electron chi connectivity index (χ1n) is 7.53. The van der Waals surface area contributed by atoms with Gasteiger partial charge in [0.2, 0.25) is 0 Å². The van der Waals surface area contributed by atoms with Gasteiger partial charge in [0.15, 0.2) is 6.61 Å². The molecule has 4 nitrogen and oxygen atoms in total. The van der Waals surface area contributed by atoms with Crippen molar-refractivity contribution < 1.29 is 27.5 Å². The van der Waals surface area contributed by atoms with Crippen LogP contribution in [-0.2, 0) is 26.9 Å². The fraction of sp³-hybridized carbons (Fsp3) is 0.222. The van der Waals surface area contributed by atoms with E-state index in [1.54, 1.807) is 18.2 Å². The first-order chi connectivity index (χ1) is 12.1. The monoisotopic (exact) mass is 385 g/mol. The van der Waals surface area contributed by atoms with Gasteiger partial charge in [-0.05, 0) is 36.2 Å². The lowest BCUT2D eigenvalue weighted by molar-refractivity contribution is -0.146. The molecule has 0 aromatic heterocycles. The van der Waals surface area contributed by atoms with E-state index in [0.29, 0.717) is 10.7 Å². The lowest BCUT2D eigenvalue weighted by Gasteiger charge is -2.09. The Bertz CT molecular complexity index is 822. The number of ether oxygens (including phenoxy) is 1. The zero-order chi connectivity index (χ0) is 19.3. The first kappa shape index (κ1) is 19.8. The van der Waals surface area contributed by atoms with Crippen molar-refractivity contribution in [3.05, 3.63) is 64.2 Å². The van der Waals surface area contributed by atoms with Crippen molar-refractivity contribution in [3.63, 3.8) is 0 Å². The topological polar surface area (TPSA) is 55.4 Å². The lowest BCUT2D eigenvalue weighted by atomic mass is 10.1. The van der Waals surface area contributed by atoms with Crippen LogP contribution in [0.3, 0.4) is 0 Å². The third-order valence-corrected chi connectivity index (χ3v) is 3.83. The number of benzene rings is 2. The number of carbonyl (C=O) groups is 2. The Hall–Kier alpha value is -2.54. The molecule has 0 saturated heterocycles. The molecule has 1 amide bonds. The van der Waals surface area contributed by atoms with E-state index in [-0.39, 0.29) is 12.0 Å². The van der Waals surface area contributed by atoms with E-state index in [1.807, 2.05) is 6.92 Å². The quantitative estimate of drug-likeness (QED) is 0.776. The van der Waals surface area contributed by atoms with Crippen LogP contribution >= 0.6 is 11.6 Å². The molecular formula is C18H15ClF3NO3. The van der Waals surface area contributed by atoms with E-state index in [2.05, 4.69) is 5.32 Å². The summed E-state index contributed by atoms with van der Waals surface area (Å²) in [6, 6.07) is 9.29. The Morgan fingerprint density at radius 3 is 2.54 bits per heavy atom. The second-order valence-corrected chi connectivity index (χ2v) is 5.95. The zero-order valence-electron chi connectivity index (χ0n) is 13.7. The van der Waals surface area contributed by atoms with Crippen LogP contribution in [0.15, 0.2) is 42.5 Å². The van der Waals surface area contributed by atoms with Gasteiger partial charge in [-0.2, -0.15) is 13.2 Å². The standard InChI is InChI=1S/C18H15ClF3NO3/c1-11-5-6-14(9-15(11)19)23-16(24)10-26-17(25)8-12-3-2-4-13(7-12)18(20,21)22/h2-7,9H,8,10H2,1H3,(H,23,24). The molecule has 0 aliphatic carbocycles. The number of esters is 1. The highest BCUT2D eigenvalue weighted by molar-refractivity contribution is 6.31. The maximum atomic E-state index is 12.6. The van der Waals surface area contributed by atoms with Gasteiger partial charge in [-0.15, -0.1) is 0 Å². The SMILES string of the molecule is Cc1ccc(NC(=O)COC(=O)Cc2cccc(C(F)(F)F)c2)cc1Cl. The third-order valence-electron chi connectivity index (χ3n) is 3.42. The molecule has 26 heavy (non-hydrogen) atoms. The molecule has 8 heteroatoms. The van der Waals surface area contributed by atoms with Gasteiger partial charge in [-0.3, -0.25) is 9.59 Å². The minimum Gasteiger partial charge on any atom is -0.455 e. The normalized spacial score (nSPS) is 11.1. The van der Waals surface area contributed by atoms with Gasteiger partial charge >= 0.3 is 12.1 Å². The summed E-state index contributed by atoms with van der Waals surface area (Å²) in [5, 5.41) is 2.99. The second kappa shape index (κ2) is 8.23. The average molecular weight is 386 g/mol. The molecule has 0 fully saturated rings. The van der Waals surface area contributed by atoms with Crippen LogP contribution in [-0.4, -0.2) is 18.5 Å². The fourth-order valence-electron chi connectivity index (χ4n) is 2.09. The molecule has 2 rings (SSSR count). The highest BCUT2D eigenvalue weighted by Gasteiger charge is 2.30. The van der Waals surface area contributed by atoms with Crippen LogP contribution in [0.4, 0.5) is 18.9 Å². The predicted molar refractivity (Wildman–Crippen MR) is 90.9 cm³/mol. The van der Waals surface area contributed by atoms with Crippen molar-refractivity contribution in [2.24, 2.45) is 0 Å². The van der Waals surface area contributed by atoms with Crippen LogP contribution in [0.25, 0.3) is 0 Å². The van der Waals surface area contributed by atoms with Gasteiger partial charge in [0.25, 0.3) is 5.91 Å². The molecule has 2 aromatic rings. The number of amides is 1. The van der Waals surface area contributed by atoms with Crippen molar-refractivity contribution in [3.8, 4) is 0 Å². The molecule has 0 aliphatic heterocycles. The summed E-state index contributed by atoms with van der Waals surface area (Å²) in [7, 11) is 0. The van der Waals surface area contributed by atoms with E-state index in [4.69, 9.17) is 16.3 Å². The van der Waals surface area contributed by atoms with Crippen LogP contribution < -0.4 is 5.32 Å². The molecule has 0 radical (unpaired) electrons. The lowest BCUT2D eigenvalue weighted by Crippen LogP contribution is -2.21. The Labute approximate surface area is 152 Å². The van der Waals surface area contributed by atoms with Crippen LogP contribution in [0, 0.1) is 6.92 Å². The second-order valence-electron chi connectivity index (χ2n) is 5.55. The summed E-state index contributed by atoms with van der Waals surface area (Å²) in [6.45, 7) is 1.26. The Balaban J connectivity index is 1.86. The van der Waals surface area contributed by atoms with Crippen LogP contribution in [0.5, 0.6) is 0 Å². The van der Waals surface area contributed by atoms with Crippen molar-refractivity contribution in [2.75, 3.05) is 11.9 Å². The van der Waals surface area contributed by atoms with Crippen molar-refractivity contribution >= 4 is 29.2 Å². The number of alkyl halides is 3. The summed E-state index contributed by atoms with van der Waals surface area (Å²) in [5.41, 5.74) is 0.587. The largest absolute Gasteiger partial charge is 0.455 e. The highest BCUT2D eigenvalue weighted by Crippen LogP contribution is 2.29. The summed E-state index contributed by atoms with van der Waals surface area (Å²) in [5.74, 6) is -1.39. The number of hydrogen-bond acceptors (Lipinski definition) is 3. The molecule has 0 spiro atoms. The summed E-state index contributed by atoms with van der Waals surface area (Å²) in [6.07, 6.45) is -4.86. The Morgan fingerprint density at radius 1 is 1.15 bits per heavy atom. The number of halogens is 4. The fourth-order valence-corrected chi connectivity index (χ4v) is 2.27. The molecule has 2 aromatic carbocycles. The summed E-state index contributed by atoms with van der Waals surface area (Å²) in [4.78, 5) is 23.5. The average Bonchev–Trinajstić information content (AvgIpc) is 2.56. The van der Waals surface area contributed by atoms with Crippen molar-refractivity contribution in [2.45, 2.75) is 19.5 Å². The number of hydrogen-bond donors (Lipinski definition) is 1. The molecule has 138 valence electrons. The van der Waals surface area contributed by atoms with Gasteiger partial charge in [-0.1, -0.05) is 35.9 Å². The van der Waals surface area contributed by atoms with Crippen molar-refractivity contribution in [1.29, 1.82) is 0 Å². The van der Waals surface area contributed by atoms with Gasteiger partial charge in [0.1, 0.15) is 0 Å². The van der Waals surface area contributed by atoms with E-state index in [9.17, 15) is 22.8 Å². The third kappa shape index (κ3) is 5.77. The minimum atomic E-state index is -4.49. The first-order valence-corrected chi connectivity index (χ1v) is 7.91. The molecule has 0 bridgehead atoms. The molecule has 0 heterocycles. The highest BCUT2D eigenvalue weighted by atomic mass is 35.5. The van der Waals surface area contributed by atoms with Crippen molar-refractivity contribution in [1.82, 2.24) is 0 Å². The van der Waals surface area contributed by atoms with Gasteiger partial charge in [0, 0.05) is 10.7 Å². The van der Waals surface area contributed by atoms with E-state index >= 15 is 0 Å². The zero-order valence-corrected chi connectivity index (χ0v) is 14.4. The van der Waals surface area contributed by atoms with Gasteiger partial charge < -0.3 is 10.1 Å². The number of rotatable bonds is 5.